The van der Waals surface area contributed by atoms with Crippen molar-refractivity contribution in [2.75, 3.05) is 14.1 Å². The van der Waals surface area contributed by atoms with Gasteiger partial charge in [-0.3, -0.25) is 0 Å². The molecule has 5 nitrogen and oxygen atoms in total. The van der Waals surface area contributed by atoms with E-state index in [1.54, 1.807) is 14.1 Å². The van der Waals surface area contributed by atoms with Gasteiger partial charge in [0.25, 0.3) is 0 Å². The quantitative estimate of drug-likeness (QED) is 0.485. The summed E-state index contributed by atoms with van der Waals surface area (Å²) in [7, 11) is 3.09. The predicted octanol–water partition coefficient (Wildman–Crippen LogP) is 2.35. The Morgan fingerprint density at radius 2 is 1.81 bits per heavy atom. The molecular formula is C19H22NO4S2+. The molecule has 3 fully saturated rings. The molecule has 0 saturated carbocycles. The molecule has 3 aliphatic heterocycles. The number of epoxide rings is 1. The number of likely N-dealkylation sites (N-methyl/N-ethyl adjacent to an activating group) is 1. The minimum atomic E-state index is -2.89. The lowest BCUT2D eigenvalue weighted by Gasteiger charge is -2.45. The molecule has 0 aromatic carbocycles. The molecule has 3 aliphatic rings. The van der Waals surface area contributed by atoms with Crippen LogP contribution in [0, 0.1) is 0 Å². The summed E-state index contributed by atoms with van der Waals surface area (Å²) in [6, 6.07) is -6.13. The molecule has 2 aromatic rings. The van der Waals surface area contributed by atoms with Gasteiger partial charge in [-0.25, -0.2) is 4.79 Å². The SMILES string of the molecule is [2H]c1sc(C(O)(C(=O)OC2CC3([2H])C4([2H])OC4([2H])C([2H])(C2)[N+]3(C)C)c2sc([2H])c([2H])c2[2H])c([2H])c1[2H]. The Morgan fingerprint density at radius 3 is 2.27 bits per heavy atom. The highest BCUT2D eigenvalue weighted by Crippen LogP contribution is 2.52. The molecule has 3 saturated heterocycles. The molecule has 5 heterocycles. The zero-order valence-corrected chi connectivity index (χ0v) is 15.6. The van der Waals surface area contributed by atoms with Crippen molar-refractivity contribution in [2.24, 2.45) is 0 Å². The van der Waals surface area contributed by atoms with Gasteiger partial charge in [0, 0.05) is 12.8 Å². The summed E-state index contributed by atoms with van der Waals surface area (Å²) >= 11 is 0.919. The number of piperidine rings is 1. The van der Waals surface area contributed by atoms with E-state index in [4.69, 9.17) is 23.2 Å². The van der Waals surface area contributed by atoms with E-state index in [9.17, 15) is 9.90 Å². The minimum absolute atomic E-state index is 0.302. The molecule has 138 valence electrons. The summed E-state index contributed by atoms with van der Waals surface area (Å²) in [6.07, 6.45) is -5.89. The second-order valence-electron chi connectivity index (χ2n) is 6.82. The number of hydrogen-bond donors (Lipinski definition) is 1. The Labute approximate surface area is 174 Å². The van der Waals surface area contributed by atoms with Gasteiger partial charge in [-0.1, -0.05) is 12.1 Å². The number of ether oxygens (including phenoxy) is 2. The normalized spacial score (nSPS) is 51.1. The van der Waals surface area contributed by atoms with Gasteiger partial charge in [0.2, 0.25) is 5.60 Å². The van der Waals surface area contributed by atoms with Crippen LogP contribution in [0.15, 0.2) is 34.9 Å². The van der Waals surface area contributed by atoms with Crippen molar-refractivity contribution in [2.45, 2.75) is 48.7 Å². The smallest absolute Gasteiger partial charge is 0.349 e. The lowest BCUT2D eigenvalue weighted by Crippen LogP contribution is -2.60. The molecule has 4 unspecified atom stereocenters. The monoisotopic (exact) mass is 402 g/mol. The van der Waals surface area contributed by atoms with Crippen LogP contribution in [0.3, 0.4) is 0 Å². The maximum atomic E-state index is 13.6. The van der Waals surface area contributed by atoms with Gasteiger partial charge in [0.05, 0.1) is 37.6 Å². The topological polar surface area (TPSA) is 59.1 Å². The van der Waals surface area contributed by atoms with Crippen molar-refractivity contribution >= 4 is 28.6 Å². The van der Waals surface area contributed by atoms with Crippen LogP contribution in [0.5, 0.6) is 0 Å². The van der Waals surface area contributed by atoms with Crippen LogP contribution in [0.2, 0.25) is 0 Å². The van der Waals surface area contributed by atoms with Gasteiger partial charge in [0.1, 0.15) is 30.3 Å². The third-order valence-corrected chi connectivity index (χ3v) is 6.68. The number of fused-ring (bicyclic) bond motifs is 5. The number of hydrogen-bond acceptors (Lipinski definition) is 6. The number of esters is 1. The highest BCUT2D eigenvalue weighted by molar-refractivity contribution is 7.12. The van der Waals surface area contributed by atoms with E-state index in [2.05, 4.69) is 0 Å². The summed E-state index contributed by atoms with van der Waals surface area (Å²) in [5.74, 6) is -1.41. The summed E-state index contributed by atoms with van der Waals surface area (Å²) in [6.45, 7) is 0. The first-order chi connectivity index (χ1) is 16.3. The zero-order valence-electron chi connectivity index (χ0n) is 23.9. The molecule has 26 heavy (non-hydrogen) atoms. The van der Waals surface area contributed by atoms with Crippen molar-refractivity contribution in [3.05, 3.63) is 44.6 Å². The number of thiophene rings is 2. The predicted molar refractivity (Wildman–Crippen MR) is 99.1 cm³/mol. The molecule has 0 radical (unpaired) electrons. The number of aliphatic hydroxyl groups is 1. The molecular weight excluding hydrogens is 370 g/mol. The molecule has 2 aromatic heterocycles. The van der Waals surface area contributed by atoms with E-state index >= 15 is 0 Å². The average Bonchev–Trinajstić information content (AvgIpc) is 3.17. The second kappa shape index (κ2) is 5.62. The highest BCUT2D eigenvalue weighted by Gasteiger charge is 2.71. The fraction of sp³-hybridized carbons (Fsp3) is 0.526. The Hall–Kier alpha value is -1.25. The van der Waals surface area contributed by atoms with Crippen molar-refractivity contribution in [1.29, 1.82) is 0 Å². The number of quaternary nitrogens is 1. The first-order valence-electron chi connectivity index (χ1n) is 13.0. The van der Waals surface area contributed by atoms with E-state index in [1.165, 1.54) is 0 Å². The van der Waals surface area contributed by atoms with E-state index in [0.29, 0.717) is 22.7 Å². The third-order valence-electron chi connectivity index (χ3n) is 5.07. The molecule has 7 heteroatoms. The first-order valence-corrected chi connectivity index (χ1v) is 9.59. The van der Waals surface area contributed by atoms with Gasteiger partial charge < -0.3 is 19.1 Å². The van der Waals surface area contributed by atoms with Gasteiger partial charge >= 0.3 is 5.97 Å². The van der Waals surface area contributed by atoms with E-state index in [1.807, 2.05) is 0 Å². The fourth-order valence-electron chi connectivity index (χ4n) is 3.58. The number of carbonyl (C=O) groups excluding carboxylic acids is 1. The molecule has 0 spiro atoms. The molecule has 1 N–H and O–H groups in total. The number of nitrogens with zero attached hydrogens (tertiary/aromatic N) is 1. The Bertz CT molecular complexity index is 1250. The lowest BCUT2D eigenvalue weighted by molar-refractivity contribution is -0.938. The summed E-state index contributed by atoms with van der Waals surface area (Å²) in [5, 5.41) is 10.9. The van der Waals surface area contributed by atoms with E-state index in [-0.39, 0.29) is 17.3 Å². The van der Waals surface area contributed by atoms with E-state index in [0.717, 1.165) is 0 Å². The van der Waals surface area contributed by atoms with Crippen LogP contribution < -0.4 is 0 Å². The van der Waals surface area contributed by atoms with Gasteiger partial charge in [-0.2, -0.15) is 0 Å². The number of carbonyl (C=O) groups is 1. The Balaban J connectivity index is 1.58. The Kier molecular flexibility index (Phi) is 2.01. The average molecular weight is 403 g/mol. The first kappa shape index (κ1) is 9.30. The summed E-state index contributed by atoms with van der Waals surface area (Å²) in [4.78, 5) is 12.7. The van der Waals surface area contributed by atoms with Crippen LogP contribution in [-0.2, 0) is 19.9 Å². The molecule has 0 aliphatic carbocycles. The largest absolute Gasteiger partial charge is 0.459 e. The van der Waals surface area contributed by atoms with Crippen molar-refractivity contribution < 1.29 is 37.6 Å². The maximum Gasteiger partial charge on any atom is 0.349 e. The summed E-state index contributed by atoms with van der Waals surface area (Å²) in [5.41, 5.74) is -2.89. The lowest BCUT2D eigenvalue weighted by atomic mass is 9.95. The molecule has 5 rings (SSSR count). The van der Waals surface area contributed by atoms with Gasteiger partial charge in [-0.15, -0.1) is 22.7 Å². The maximum absolute atomic E-state index is 13.6. The molecule has 4 atom stereocenters. The van der Waals surface area contributed by atoms with Crippen molar-refractivity contribution in [3.8, 4) is 0 Å². The number of morpholine rings is 1. The third kappa shape index (κ3) is 2.28. The van der Waals surface area contributed by atoms with Gasteiger partial charge in [-0.05, 0) is 22.8 Å². The highest BCUT2D eigenvalue weighted by atomic mass is 32.1. The van der Waals surface area contributed by atoms with Crippen LogP contribution in [-0.4, -0.2) is 60.0 Å². The van der Waals surface area contributed by atoms with Crippen molar-refractivity contribution in [3.63, 3.8) is 0 Å². The van der Waals surface area contributed by atoms with E-state index < -0.39 is 86.5 Å². The van der Waals surface area contributed by atoms with Crippen LogP contribution in [0.25, 0.3) is 0 Å². The van der Waals surface area contributed by atoms with Crippen LogP contribution >= 0.6 is 22.7 Å². The Morgan fingerprint density at radius 1 is 1.27 bits per heavy atom. The minimum Gasteiger partial charge on any atom is -0.459 e. The molecule has 0 amide bonds. The fourth-order valence-corrected chi connectivity index (χ4v) is 4.92. The van der Waals surface area contributed by atoms with Crippen molar-refractivity contribution in [1.82, 2.24) is 0 Å². The molecule has 2 bridgehead atoms. The zero-order chi connectivity index (χ0) is 27.0. The summed E-state index contributed by atoms with van der Waals surface area (Å²) < 4.78 is 93.5. The standard InChI is InChI=1S/C19H22NO4S2/c1-20(2)12-9-11(10-13(20)17-16(12)24-17)23-18(21)19(22,14-5-3-7-25-14)15-6-4-8-26-15/h3-8,11-13,16-17,22H,9-10H2,1-2H3/q+1/i3D,4D,5D,6D,7D,8D,12D,13D,16D,17D. The number of rotatable bonds is 4. The van der Waals surface area contributed by atoms with Gasteiger partial charge in [0.15, 0.2) is 0 Å². The van der Waals surface area contributed by atoms with Crippen LogP contribution in [0.4, 0.5) is 0 Å². The second-order valence-corrected chi connectivity index (χ2v) is 8.45. The van der Waals surface area contributed by atoms with Crippen LogP contribution in [0.1, 0.15) is 36.3 Å².